The minimum Gasteiger partial charge on any atom is -0.406 e. The third-order valence-electron chi connectivity index (χ3n) is 5.01. The Bertz CT molecular complexity index is 978. The predicted octanol–water partition coefficient (Wildman–Crippen LogP) is 1.63. The summed E-state index contributed by atoms with van der Waals surface area (Å²) in [5.74, 6) is -2.60. The van der Waals surface area contributed by atoms with E-state index in [4.69, 9.17) is 16.3 Å². The molecule has 3 atom stereocenters. The molecular formula is C19H18BClF4N4O4. The molecule has 2 aromatic rings. The molecule has 2 heterocycles. The van der Waals surface area contributed by atoms with Gasteiger partial charge in [-0.2, -0.15) is 0 Å². The third kappa shape index (κ3) is 5.71. The second-order valence-corrected chi connectivity index (χ2v) is 7.63. The van der Waals surface area contributed by atoms with E-state index in [0.29, 0.717) is 13.0 Å². The molecule has 1 aliphatic rings. The number of halogens is 5. The smallest absolute Gasteiger partial charge is 0.406 e. The first-order chi connectivity index (χ1) is 15.5. The van der Waals surface area contributed by atoms with E-state index >= 15 is 0 Å². The van der Waals surface area contributed by atoms with Gasteiger partial charge in [0.25, 0.3) is 11.5 Å². The van der Waals surface area contributed by atoms with Crippen molar-refractivity contribution in [3.63, 3.8) is 0 Å². The molecule has 0 unspecified atom stereocenters. The lowest BCUT2D eigenvalue weighted by Gasteiger charge is -2.41. The number of hydrogen-bond acceptors (Lipinski definition) is 6. The Morgan fingerprint density at radius 1 is 1.24 bits per heavy atom. The Kier molecular flexibility index (Phi) is 7.43. The van der Waals surface area contributed by atoms with Crippen molar-refractivity contribution in [1.82, 2.24) is 15.3 Å². The summed E-state index contributed by atoms with van der Waals surface area (Å²) in [6, 6.07) is 3.64. The van der Waals surface area contributed by atoms with Gasteiger partial charge in [0.15, 0.2) is 7.85 Å². The summed E-state index contributed by atoms with van der Waals surface area (Å²) >= 11 is 5.45. The number of rotatable bonds is 7. The second-order valence-electron chi connectivity index (χ2n) is 7.25. The van der Waals surface area contributed by atoms with E-state index in [0.717, 1.165) is 29.2 Å². The zero-order valence-corrected chi connectivity index (χ0v) is 17.9. The maximum atomic E-state index is 14.1. The fourth-order valence-electron chi connectivity index (χ4n) is 3.39. The lowest BCUT2D eigenvalue weighted by Crippen LogP contribution is -2.62. The molecule has 1 aromatic carbocycles. The second kappa shape index (κ2) is 9.92. The van der Waals surface area contributed by atoms with Crippen LogP contribution in [0.5, 0.6) is 5.75 Å². The summed E-state index contributed by atoms with van der Waals surface area (Å²) in [5, 5.41) is 2.75. The summed E-state index contributed by atoms with van der Waals surface area (Å²) in [5.41, 5.74) is -4.47. The van der Waals surface area contributed by atoms with Gasteiger partial charge in [-0.15, -0.1) is 13.2 Å². The lowest BCUT2D eigenvalue weighted by molar-refractivity contribution is -0.274. The lowest BCUT2D eigenvalue weighted by atomic mass is 9.70. The number of benzene rings is 1. The van der Waals surface area contributed by atoms with E-state index in [1.807, 2.05) is 0 Å². The average molecular weight is 489 g/mol. The number of nitrogens with one attached hydrogen (secondary N) is 1. The van der Waals surface area contributed by atoms with Crippen LogP contribution in [-0.2, 0) is 19.8 Å². The Balaban J connectivity index is 2.08. The van der Waals surface area contributed by atoms with Crippen molar-refractivity contribution in [2.24, 2.45) is 0 Å². The van der Waals surface area contributed by atoms with Crippen molar-refractivity contribution in [3.05, 3.63) is 48.5 Å². The molecule has 0 aliphatic carbocycles. The molecule has 1 N–H and O–H groups in total. The van der Waals surface area contributed by atoms with E-state index in [2.05, 4.69) is 20.0 Å². The summed E-state index contributed by atoms with van der Waals surface area (Å²) < 4.78 is 60.7. The van der Waals surface area contributed by atoms with Crippen molar-refractivity contribution >= 4 is 36.9 Å². The Labute approximate surface area is 191 Å². The van der Waals surface area contributed by atoms with Gasteiger partial charge in [0.1, 0.15) is 17.5 Å². The minimum atomic E-state index is -4.93. The number of carbonyl (C=O) groups is 2. The van der Waals surface area contributed by atoms with Crippen molar-refractivity contribution in [2.75, 3.05) is 18.1 Å². The van der Waals surface area contributed by atoms with Crippen molar-refractivity contribution in [1.29, 1.82) is 0 Å². The van der Waals surface area contributed by atoms with E-state index < -0.39 is 35.0 Å². The number of hydrogen-bond donors (Lipinski definition) is 1. The highest BCUT2D eigenvalue weighted by Gasteiger charge is 2.47. The highest BCUT2D eigenvalue weighted by Crippen LogP contribution is 2.34. The molecule has 1 aromatic heterocycles. The number of alkyl halides is 5. The normalized spacial score (nSPS) is 18.8. The molecular weight excluding hydrogens is 470 g/mol. The molecule has 176 valence electrons. The van der Waals surface area contributed by atoms with Gasteiger partial charge in [0, 0.05) is 30.3 Å². The van der Waals surface area contributed by atoms with Crippen molar-refractivity contribution < 1.29 is 36.6 Å². The largest absolute Gasteiger partial charge is 0.573 e. The first-order valence-corrected chi connectivity index (χ1v) is 10.1. The number of nitrogens with zero attached hydrogens (tertiary/aromatic N) is 3. The standard InChI is InChI=1S/C19H18BClF4N4O4/c20-18(11-7-26-10-27-8-11,17(31)28-12-5-6-32-9-12)29(16(30)15(21)22)13-1-3-14(4-2-13)33-19(23,24)25/h1-4,7-8,10,12,15H,5-6,9,20H2,(H,28,31)/t12-,15+,18+/m1/s1. The molecule has 0 spiro atoms. The molecule has 2 amide bonds. The van der Waals surface area contributed by atoms with E-state index in [1.54, 1.807) is 0 Å². The Morgan fingerprint density at radius 3 is 2.39 bits per heavy atom. The van der Waals surface area contributed by atoms with Crippen LogP contribution in [0, 0.1) is 0 Å². The molecule has 0 saturated carbocycles. The van der Waals surface area contributed by atoms with Crippen LogP contribution in [0.3, 0.4) is 0 Å². The molecule has 33 heavy (non-hydrogen) atoms. The van der Waals surface area contributed by atoms with Gasteiger partial charge in [-0.1, -0.05) is 11.6 Å². The maximum Gasteiger partial charge on any atom is 0.573 e. The minimum absolute atomic E-state index is 0.109. The summed E-state index contributed by atoms with van der Waals surface area (Å²) in [7, 11) is 1.33. The molecule has 1 aliphatic heterocycles. The van der Waals surface area contributed by atoms with Crippen molar-refractivity contribution in [2.45, 2.75) is 29.9 Å². The van der Waals surface area contributed by atoms with Crippen LogP contribution >= 0.6 is 11.6 Å². The SMILES string of the molecule is B[C@@](C(=O)N[C@@H]1CCOC1)(c1cncnc1)N(C(=O)[C@H](F)Cl)c1ccc(OC(F)(F)F)cc1. The number of amides is 2. The topological polar surface area (TPSA) is 93.6 Å². The van der Waals surface area contributed by atoms with Crippen LogP contribution in [0.25, 0.3) is 0 Å². The van der Waals surface area contributed by atoms with Crippen LogP contribution in [0.1, 0.15) is 12.0 Å². The fraction of sp³-hybridized carbons (Fsp3) is 0.368. The van der Waals surface area contributed by atoms with Gasteiger partial charge in [0.2, 0.25) is 5.91 Å². The van der Waals surface area contributed by atoms with Gasteiger partial charge >= 0.3 is 6.36 Å². The Hall–Kier alpha value is -2.93. The molecule has 1 fully saturated rings. The van der Waals surface area contributed by atoms with Gasteiger partial charge in [-0.3, -0.25) is 14.5 Å². The molecule has 8 nitrogen and oxygen atoms in total. The number of aromatic nitrogens is 2. The summed E-state index contributed by atoms with van der Waals surface area (Å²) in [6.07, 6.45) is -0.690. The van der Waals surface area contributed by atoms with E-state index in [9.17, 15) is 27.2 Å². The molecule has 14 heteroatoms. The van der Waals surface area contributed by atoms with Gasteiger partial charge in [-0.05, 0) is 30.7 Å². The zero-order chi connectivity index (χ0) is 24.2. The number of anilines is 1. The summed E-state index contributed by atoms with van der Waals surface area (Å²) in [4.78, 5) is 34.8. The maximum absolute atomic E-state index is 14.1. The van der Waals surface area contributed by atoms with Gasteiger partial charge < -0.3 is 14.8 Å². The van der Waals surface area contributed by atoms with E-state index in [-0.39, 0.29) is 23.9 Å². The Morgan fingerprint density at radius 2 is 1.88 bits per heavy atom. The first kappa shape index (κ1) is 24.7. The fourth-order valence-corrected chi connectivity index (χ4v) is 3.48. The van der Waals surface area contributed by atoms with Gasteiger partial charge in [0.05, 0.1) is 12.6 Å². The summed E-state index contributed by atoms with van der Waals surface area (Å²) in [6.45, 7) is 0.666. The first-order valence-electron chi connectivity index (χ1n) is 9.64. The van der Waals surface area contributed by atoms with Crippen LogP contribution in [0.15, 0.2) is 43.0 Å². The monoisotopic (exact) mass is 488 g/mol. The third-order valence-corrected chi connectivity index (χ3v) is 5.20. The van der Waals surface area contributed by atoms with Crippen LogP contribution in [-0.4, -0.2) is 60.9 Å². The number of ether oxygens (including phenoxy) is 2. The molecule has 3 rings (SSSR count). The van der Waals surface area contributed by atoms with E-state index in [1.165, 1.54) is 26.6 Å². The zero-order valence-electron chi connectivity index (χ0n) is 17.2. The van der Waals surface area contributed by atoms with Crippen LogP contribution in [0.4, 0.5) is 23.2 Å². The molecule has 0 bridgehead atoms. The quantitative estimate of drug-likeness (QED) is 0.362. The van der Waals surface area contributed by atoms with Gasteiger partial charge in [-0.25, -0.2) is 14.4 Å². The molecule has 1 saturated heterocycles. The average Bonchev–Trinajstić information content (AvgIpc) is 3.27. The van der Waals surface area contributed by atoms with Crippen molar-refractivity contribution in [3.8, 4) is 5.75 Å². The highest BCUT2D eigenvalue weighted by atomic mass is 35.5. The molecule has 0 radical (unpaired) electrons. The van der Waals surface area contributed by atoms with Crippen LogP contribution in [0.2, 0.25) is 0 Å². The predicted molar refractivity (Wildman–Crippen MR) is 111 cm³/mol. The highest BCUT2D eigenvalue weighted by molar-refractivity contribution is 6.37. The number of carbonyl (C=O) groups excluding carboxylic acids is 2. The van der Waals surface area contributed by atoms with Crippen LogP contribution < -0.4 is 15.0 Å².